The van der Waals surface area contributed by atoms with Gasteiger partial charge in [0.1, 0.15) is 5.82 Å². The fraction of sp³-hybridized carbons (Fsp3) is 0.429. The van der Waals surface area contributed by atoms with Gasteiger partial charge in [-0.05, 0) is 24.5 Å². The summed E-state index contributed by atoms with van der Waals surface area (Å²) >= 11 is 0. The lowest BCUT2D eigenvalue weighted by Crippen LogP contribution is -2.36. The summed E-state index contributed by atoms with van der Waals surface area (Å²) in [6.45, 7) is 3.39. The largest absolute Gasteiger partial charge is 0.338 e. The molecule has 2 aromatic rings. The van der Waals surface area contributed by atoms with E-state index < -0.39 is 0 Å². The molecule has 0 unspecified atom stereocenters. The molecule has 1 aromatic carbocycles. The number of aromatic nitrogens is 2. The molecule has 1 atom stereocenters. The van der Waals surface area contributed by atoms with Gasteiger partial charge in [-0.15, -0.1) is 0 Å². The fourth-order valence-corrected chi connectivity index (χ4v) is 4.00. The Morgan fingerprint density at radius 3 is 2.86 bits per heavy atom. The zero-order valence-corrected chi connectivity index (χ0v) is 15.9. The second kappa shape index (κ2) is 7.66. The van der Waals surface area contributed by atoms with Gasteiger partial charge in [0.25, 0.3) is 0 Å². The maximum absolute atomic E-state index is 13.9. The first-order valence-corrected chi connectivity index (χ1v) is 9.66. The monoisotopic (exact) mass is 382 g/mol. The van der Waals surface area contributed by atoms with Gasteiger partial charge in [-0.1, -0.05) is 18.2 Å². The van der Waals surface area contributed by atoms with Crippen LogP contribution in [0, 0.1) is 5.82 Å². The number of hydrogen-bond acceptors (Lipinski definition) is 4. The Bertz CT molecular complexity index is 917. The van der Waals surface area contributed by atoms with E-state index in [0.29, 0.717) is 37.4 Å². The lowest BCUT2D eigenvalue weighted by atomic mass is 10.1. The molecule has 4 rings (SSSR count). The van der Waals surface area contributed by atoms with Crippen LogP contribution in [0.4, 0.5) is 4.39 Å². The molecule has 28 heavy (non-hydrogen) atoms. The number of hydrogen-bond donors (Lipinski definition) is 0. The third kappa shape index (κ3) is 3.61. The van der Waals surface area contributed by atoms with Crippen LogP contribution >= 0.6 is 0 Å². The third-order valence-corrected chi connectivity index (χ3v) is 5.57. The summed E-state index contributed by atoms with van der Waals surface area (Å²) in [5.41, 5.74) is 2.33. The van der Waals surface area contributed by atoms with Gasteiger partial charge in [0, 0.05) is 44.7 Å². The lowest BCUT2D eigenvalue weighted by molar-refractivity contribution is -0.132. The smallest absolute Gasteiger partial charge is 0.227 e. The van der Waals surface area contributed by atoms with E-state index in [1.165, 1.54) is 6.07 Å². The number of nitrogens with zero attached hydrogens (tertiary/aromatic N) is 4. The zero-order chi connectivity index (χ0) is 19.7. The number of halogens is 1. The Labute approximate surface area is 163 Å². The van der Waals surface area contributed by atoms with Crippen LogP contribution in [0.3, 0.4) is 0 Å². The Morgan fingerprint density at radius 1 is 1.25 bits per heavy atom. The molecule has 0 spiro atoms. The van der Waals surface area contributed by atoms with E-state index in [1.54, 1.807) is 41.1 Å². The van der Waals surface area contributed by atoms with Gasteiger partial charge in [0.2, 0.25) is 11.8 Å². The first-order chi connectivity index (χ1) is 13.5. The van der Waals surface area contributed by atoms with E-state index in [2.05, 4.69) is 4.98 Å². The summed E-state index contributed by atoms with van der Waals surface area (Å²) in [5.74, 6) is 0.244. The number of rotatable bonds is 3. The second-order valence-corrected chi connectivity index (χ2v) is 7.40. The molecule has 2 aliphatic rings. The summed E-state index contributed by atoms with van der Waals surface area (Å²) in [5, 5.41) is 0. The second-order valence-electron chi connectivity index (χ2n) is 7.40. The minimum absolute atomic E-state index is 0.0433. The highest BCUT2D eigenvalue weighted by molar-refractivity contribution is 5.79. The van der Waals surface area contributed by atoms with Crippen LogP contribution in [0.2, 0.25) is 0 Å². The zero-order valence-electron chi connectivity index (χ0n) is 15.9. The first kappa shape index (κ1) is 18.5. The minimum Gasteiger partial charge on any atom is -0.338 e. The van der Waals surface area contributed by atoms with Crippen molar-refractivity contribution in [3.63, 3.8) is 0 Å². The molecule has 1 saturated heterocycles. The van der Waals surface area contributed by atoms with Crippen molar-refractivity contribution in [2.45, 2.75) is 45.2 Å². The van der Waals surface area contributed by atoms with Crippen LogP contribution in [0.25, 0.3) is 0 Å². The molecule has 0 saturated carbocycles. The SMILES string of the molecule is CC(=O)N1CCc2nc([C@H]3CCCN3C(=O)Cc3ccccc3F)ncc2C1. The van der Waals surface area contributed by atoms with Gasteiger partial charge in [-0.25, -0.2) is 14.4 Å². The van der Waals surface area contributed by atoms with Crippen LogP contribution in [-0.4, -0.2) is 44.7 Å². The Kier molecular flexibility index (Phi) is 5.07. The molecular formula is C21H23FN4O2. The van der Waals surface area contributed by atoms with E-state index in [9.17, 15) is 14.0 Å². The van der Waals surface area contributed by atoms with E-state index in [4.69, 9.17) is 4.98 Å². The maximum Gasteiger partial charge on any atom is 0.227 e. The predicted molar refractivity (Wildman–Crippen MR) is 101 cm³/mol. The van der Waals surface area contributed by atoms with Gasteiger partial charge in [0.05, 0.1) is 18.2 Å². The standard InChI is InChI=1S/C21H23FN4O2/c1-14(27)25-10-8-18-16(13-25)12-23-21(24-18)19-7-4-9-26(19)20(28)11-15-5-2-3-6-17(15)22/h2-3,5-6,12,19H,4,7-11,13H2,1H3/t19-/m1/s1. The highest BCUT2D eigenvalue weighted by Crippen LogP contribution is 2.31. The quantitative estimate of drug-likeness (QED) is 0.818. The van der Waals surface area contributed by atoms with Crippen LogP contribution in [-0.2, 0) is 29.0 Å². The normalized spacial score (nSPS) is 18.9. The van der Waals surface area contributed by atoms with Crippen molar-refractivity contribution in [3.8, 4) is 0 Å². The van der Waals surface area contributed by atoms with Crippen molar-refractivity contribution < 1.29 is 14.0 Å². The van der Waals surface area contributed by atoms with E-state index in [-0.39, 0.29) is 30.1 Å². The molecule has 2 amide bonds. The van der Waals surface area contributed by atoms with Crippen molar-refractivity contribution in [1.29, 1.82) is 0 Å². The van der Waals surface area contributed by atoms with Gasteiger partial charge in [0.15, 0.2) is 5.82 Å². The van der Waals surface area contributed by atoms with Crippen molar-refractivity contribution >= 4 is 11.8 Å². The molecule has 1 aromatic heterocycles. The van der Waals surface area contributed by atoms with Crippen LogP contribution < -0.4 is 0 Å². The fourth-order valence-electron chi connectivity index (χ4n) is 4.00. The highest BCUT2D eigenvalue weighted by Gasteiger charge is 2.33. The average Bonchev–Trinajstić information content (AvgIpc) is 3.19. The molecule has 0 aliphatic carbocycles. The van der Waals surface area contributed by atoms with Crippen molar-refractivity contribution in [3.05, 3.63) is 58.9 Å². The summed E-state index contributed by atoms with van der Waals surface area (Å²) in [6.07, 6.45) is 4.21. The van der Waals surface area contributed by atoms with E-state index >= 15 is 0 Å². The molecule has 7 heteroatoms. The van der Waals surface area contributed by atoms with Crippen LogP contribution in [0.5, 0.6) is 0 Å². The van der Waals surface area contributed by atoms with Crippen LogP contribution in [0.1, 0.15) is 48.5 Å². The predicted octanol–water partition coefficient (Wildman–Crippen LogP) is 2.43. The summed E-state index contributed by atoms with van der Waals surface area (Å²) in [7, 11) is 0. The molecular weight excluding hydrogens is 359 g/mol. The van der Waals surface area contributed by atoms with Crippen molar-refractivity contribution in [2.24, 2.45) is 0 Å². The van der Waals surface area contributed by atoms with Crippen molar-refractivity contribution in [2.75, 3.05) is 13.1 Å². The number of likely N-dealkylation sites (tertiary alicyclic amines) is 1. The maximum atomic E-state index is 13.9. The first-order valence-electron chi connectivity index (χ1n) is 9.66. The molecule has 0 N–H and O–H groups in total. The van der Waals surface area contributed by atoms with E-state index in [0.717, 1.165) is 24.1 Å². The number of carbonyl (C=O) groups is 2. The average molecular weight is 382 g/mol. The van der Waals surface area contributed by atoms with Gasteiger partial charge in [-0.2, -0.15) is 0 Å². The van der Waals surface area contributed by atoms with Crippen LogP contribution in [0.15, 0.2) is 30.5 Å². The van der Waals surface area contributed by atoms with Gasteiger partial charge < -0.3 is 9.80 Å². The summed E-state index contributed by atoms with van der Waals surface area (Å²) < 4.78 is 13.9. The minimum atomic E-state index is -0.355. The Balaban J connectivity index is 1.51. The van der Waals surface area contributed by atoms with E-state index in [1.807, 2.05) is 0 Å². The topological polar surface area (TPSA) is 66.4 Å². The van der Waals surface area contributed by atoms with Gasteiger partial charge in [-0.3, -0.25) is 9.59 Å². The number of carbonyl (C=O) groups excluding carboxylic acids is 2. The number of benzene rings is 1. The molecule has 0 bridgehead atoms. The highest BCUT2D eigenvalue weighted by atomic mass is 19.1. The van der Waals surface area contributed by atoms with Crippen molar-refractivity contribution in [1.82, 2.24) is 19.8 Å². The Hall–Kier alpha value is -2.83. The van der Waals surface area contributed by atoms with Gasteiger partial charge >= 0.3 is 0 Å². The molecule has 146 valence electrons. The molecule has 3 heterocycles. The number of amides is 2. The molecule has 0 radical (unpaired) electrons. The Morgan fingerprint density at radius 2 is 2.07 bits per heavy atom. The molecule has 6 nitrogen and oxygen atoms in total. The number of fused-ring (bicyclic) bond motifs is 1. The molecule has 1 fully saturated rings. The lowest BCUT2D eigenvalue weighted by Gasteiger charge is -2.28. The molecule has 2 aliphatic heterocycles. The summed E-state index contributed by atoms with van der Waals surface area (Å²) in [4.78, 5) is 37.2. The third-order valence-electron chi connectivity index (χ3n) is 5.57. The summed E-state index contributed by atoms with van der Waals surface area (Å²) in [6, 6.07) is 6.21.